The number of benzene rings is 3. The van der Waals surface area contributed by atoms with Crippen molar-refractivity contribution in [1.82, 2.24) is 5.32 Å². The molecule has 0 aromatic heterocycles. The Bertz CT molecular complexity index is 792. The largest absolute Gasteiger partial charge is 0.355 e. The fraction of sp³-hybridized carbons (Fsp3) is 0.208. The van der Waals surface area contributed by atoms with Crippen molar-refractivity contribution in [2.45, 2.75) is 24.2 Å². The normalized spacial score (nSPS) is 10.7. The Morgan fingerprint density at radius 3 is 1.96 bits per heavy atom. The lowest BCUT2D eigenvalue weighted by Gasteiger charge is -2.18. The molecule has 3 aromatic carbocycles. The highest BCUT2D eigenvalue weighted by Crippen LogP contribution is 2.27. The van der Waals surface area contributed by atoms with Gasteiger partial charge in [-0.1, -0.05) is 78.4 Å². The Labute approximate surface area is 166 Å². The van der Waals surface area contributed by atoms with E-state index in [4.69, 9.17) is 0 Å². The maximum absolute atomic E-state index is 12.5. The molecule has 3 heteroatoms. The summed E-state index contributed by atoms with van der Waals surface area (Å²) in [6.07, 6.45) is 0.462. The molecule has 0 aliphatic heterocycles. The predicted octanol–water partition coefficient (Wildman–Crippen LogP) is 5.43. The molecule has 0 saturated carbocycles. The van der Waals surface area contributed by atoms with Gasteiger partial charge in [0.05, 0.1) is 0 Å². The van der Waals surface area contributed by atoms with Crippen molar-refractivity contribution < 1.29 is 4.79 Å². The molecular weight excluding hydrogens is 350 g/mol. The molecule has 0 spiro atoms. The molecule has 0 heterocycles. The minimum Gasteiger partial charge on any atom is -0.355 e. The molecule has 138 valence electrons. The van der Waals surface area contributed by atoms with Crippen molar-refractivity contribution in [1.29, 1.82) is 0 Å². The molecule has 0 unspecified atom stereocenters. The number of nitrogens with one attached hydrogen (secondary N) is 1. The third kappa shape index (κ3) is 6.00. The van der Waals surface area contributed by atoms with E-state index in [0.717, 1.165) is 5.75 Å². The van der Waals surface area contributed by atoms with Crippen LogP contribution in [0.2, 0.25) is 0 Å². The highest BCUT2D eigenvalue weighted by atomic mass is 32.2. The van der Waals surface area contributed by atoms with Crippen LogP contribution in [0.3, 0.4) is 0 Å². The second-order valence-electron chi connectivity index (χ2n) is 6.59. The van der Waals surface area contributed by atoms with Gasteiger partial charge in [0.2, 0.25) is 5.91 Å². The Kier molecular flexibility index (Phi) is 7.11. The van der Waals surface area contributed by atoms with E-state index in [1.54, 1.807) is 11.8 Å². The molecule has 0 bridgehead atoms. The zero-order valence-electron chi connectivity index (χ0n) is 15.6. The van der Waals surface area contributed by atoms with E-state index in [0.29, 0.717) is 13.0 Å². The fourth-order valence-corrected chi connectivity index (χ4v) is 3.82. The van der Waals surface area contributed by atoms with Crippen LogP contribution in [-0.4, -0.2) is 18.2 Å². The Balaban J connectivity index is 1.54. The van der Waals surface area contributed by atoms with Crippen molar-refractivity contribution in [3.05, 3.63) is 102 Å². The van der Waals surface area contributed by atoms with Gasteiger partial charge in [-0.2, -0.15) is 0 Å². The molecule has 27 heavy (non-hydrogen) atoms. The van der Waals surface area contributed by atoms with Crippen molar-refractivity contribution >= 4 is 17.7 Å². The number of thioether (sulfide) groups is 1. The second-order valence-corrected chi connectivity index (χ2v) is 7.76. The highest BCUT2D eigenvalue weighted by molar-refractivity contribution is 7.99. The number of amides is 1. The van der Waals surface area contributed by atoms with Gasteiger partial charge >= 0.3 is 0 Å². The van der Waals surface area contributed by atoms with Gasteiger partial charge in [0.15, 0.2) is 0 Å². The average Bonchev–Trinajstić information content (AvgIpc) is 2.72. The van der Waals surface area contributed by atoms with Gasteiger partial charge in [-0.25, -0.2) is 0 Å². The van der Waals surface area contributed by atoms with Gasteiger partial charge < -0.3 is 5.32 Å². The summed E-state index contributed by atoms with van der Waals surface area (Å²) in [5.41, 5.74) is 3.61. The van der Waals surface area contributed by atoms with E-state index >= 15 is 0 Å². The summed E-state index contributed by atoms with van der Waals surface area (Å²) in [4.78, 5) is 13.8. The van der Waals surface area contributed by atoms with E-state index in [1.807, 2.05) is 36.4 Å². The summed E-state index contributed by atoms with van der Waals surface area (Å²) in [5.74, 6) is 1.05. The summed E-state index contributed by atoms with van der Waals surface area (Å²) in [6, 6.07) is 29.0. The van der Waals surface area contributed by atoms with Gasteiger partial charge in [-0.05, 0) is 30.2 Å². The molecule has 0 aliphatic rings. The lowest BCUT2D eigenvalue weighted by Crippen LogP contribution is -2.27. The van der Waals surface area contributed by atoms with Crippen LogP contribution >= 0.6 is 11.8 Å². The lowest BCUT2D eigenvalue weighted by atomic mass is 9.88. The van der Waals surface area contributed by atoms with Gasteiger partial charge in [-0.15, -0.1) is 11.8 Å². The molecule has 3 rings (SSSR count). The quantitative estimate of drug-likeness (QED) is 0.420. The number of aryl methyl sites for hydroxylation is 1. The fourth-order valence-electron chi connectivity index (χ4n) is 3.05. The van der Waals surface area contributed by atoms with Crippen LogP contribution in [0.5, 0.6) is 0 Å². The van der Waals surface area contributed by atoms with Crippen LogP contribution in [-0.2, 0) is 4.79 Å². The first kappa shape index (κ1) is 19.2. The Morgan fingerprint density at radius 1 is 0.852 bits per heavy atom. The highest BCUT2D eigenvalue weighted by Gasteiger charge is 2.17. The van der Waals surface area contributed by atoms with Crippen LogP contribution in [0.15, 0.2) is 89.8 Å². The molecule has 0 saturated heterocycles. The molecular formula is C24H25NOS. The predicted molar refractivity (Wildman–Crippen MR) is 114 cm³/mol. The summed E-state index contributed by atoms with van der Waals surface area (Å²) in [5, 5.41) is 3.07. The Hall–Kier alpha value is -2.52. The molecule has 0 fully saturated rings. The maximum atomic E-state index is 12.5. The molecule has 3 aromatic rings. The first-order valence-corrected chi connectivity index (χ1v) is 10.3. The third-order valence-corrected chi connectivity index (χ3v) is 5.52. The van der Waals surface area contributed by atoms with Gasteiger partial charge in [0, 0.05) is 29.5 Å². The summed E-state index contributed by atoms with van der Waals surface area (Å²) in [7, 11) is 0. The van der Waals surface area contributed by atoms with Gasteiger partial charge in [0.25, 0.3) is 0 Å². The topological polar surface area (TPSA) is 29.1 Å². The van der Waals surface area contributed by atoms with Crippen molar-refractivity contribution in [2.75, 3.05) is 12.3 Å². The molecule has 2 nitrogen and oxygen atoms in total. The van der Waals surface area contributed by atoms with Crippen LogP contribution in [0.25, 0.3) is 0 Å². The smallest absolute Gasteiger partial charge is 0.220 e. The first-order valence-electron chi connectivity index (χ1n) is 9.28. The maximum Gasteiger partial charge on any atom is 0.220 e. The molecule has 0 aliphatic carbocycles. The van der Waals surface area contributed by atoms with Crippen molar-refractivity contribution in [3.8, 4) is 0 Å². The minimum absolute atomic E-state index is 0.0807. The number of rotatable bonds is 8. The van der Waals surface area contributed by atoms with Crippen molar-refractivity contribution in [3.63, 3.8) is 0 Å². The van der Waals surface area contributed by atoms with Crippen molar-refractivity contribution in [2.24, 2.45) is 0 Å². The van der Waals surface area contributed by atoms with Gasteiger partial charge in [0.1, 0.15) is 0 Å². The van der Waals surface area contributed by atoms with E-state index in [9.17, 15) is 4.79 Å². The number of carbonyl (C=O) groups is 1. The van der Waals surface area contributed by atoms with Crippen LogP contribution < -0.4 is 5.32 Å². The van der Waals surface area contributed by atoms with E-state index in [2.05, 4.69) is 60.8 Å². The van der Waals surface area contributed by atoms with Gasteiger partial charge in [-0.3, -0.25) is 4.79 Å². The zero-order chi connectivity index (χ0) is 18.9. The number of hydrogen-bond acceptors (Lipinski definition) is 2. The second kappa shape index (κ2) is 9.98. The summed E-state index contributed by atoms with van der Waals surface area (Å²) >= 11 is 1.77. The van der Waals surface area contributed by atoms with Crippen LogP contribution in [0.1, 0.15) is 29.0 Å². The van der Waals surface area contributed by atoms with Crippen LogP contribution in [0, 0.1) is 6.92 Å². The van der Waals surface area contributed by atoms with E-state index in [1.165, 1.54) is 21.6 Å². The summed E-state index contributed by atoms with van der Waals surface area (Å²) in [6.45, 7) is 2.76. The average molecular weight is 376 g/mol. The third-order valence-electron chi connectivity index (χ3n) is 4.51. The molecule has 1 amide bonds. The molecule has 0 radical (unpaired) electrons. The summed E-state index contributed by atoms with van der Waals surface area (Å²) < 4.78 is 0. The Morgan fingerprint density at radius 2 is 1.41 bits per heavy atom. The number of hydrogen-bond donors (Lipinski definition) is 1. The monoisotopic (exact) mass is 375 g/mol. The van der Waals surface area contributed by atoms with E-state index in [-0.39, 0.29) is 11.8 Å². The van der Waals surface area contributed by atoms with E-state index < -0.39 is 0 Å². The standard InChI is InChI=1S/C24H25NOS/c1-19-12-14-22(15-13-19)27-17-16-25-24(26)18-23(20-8-4-2-5-9-20)21-10-6-3-7-11-21/h2-15,23H,16-18H2,1H3,(H,25,26). The molecule has 0 atom stereocenters. The van der Waals surface area contributed by atoms with Crippen LogP contribution in [0.4, 0.5) is 0 Å². The SMILES string of the molecule is Cc1ccc(SCCNC(=O)CC(c2ccccc2)c2ccccc2)cc1. The lowest BCUT2D eigenvalue weighted by molar-refractivity contribution is -0.121. The first-order chi connectivity index (χ1) is 13.2. The number of carbonyl (C=O) groups excluding carboxylic acids is 1. The zero-order valence-corrected chi connectivity index (χ0v) is 16.4. The molecule has 1 N–H and O–H groups in total. The minimum atomic E-state index is 0.0807.